The fraction of sp³-hybridized carbons (Fsp3) is 0.290. The standard InChI is InChI=1S/C27H29F2NO2S.C4H4O4/c28-24-11-7-21(8-12-24)27(22-9-13-25(29)14-10-22)23-15-18-30(19-16-23)17-4-20-33(31,32)26-5-2-1-3-6-26;5-3(6)1-2-4(7)8/h1-3,5-14,23,27H,4,15-20H2;1-2H,(H,5,6)(H,7,8). The third-order valence-electron chi connectivity index (χ3n) is 6.92. The number of carboxylic acid groups (broad SMARTS) is 2. The summed E-state index contributed by atoms with van der Waals surface area (Å²) < 4.78 is 52.0. The molecule has 10 heteroatoms. The first kappa shape index (κ1) is 31.6. The molecule has 0 aliphatic carbocycles. The van der Waals surface area contributed by atoms with Gasteiger partial charge in [0.25, 0.3) is 0 Å². The minimum absolute atomic E-state index is 0.0757. The molecule has 4 rings (SSSR count). The molecular formula is C31H33F2NO6S. The Kier molecular flexibility index (Phi) is 11.7. The maximum atomic E-state index is 13.5. The lowest BCUT2D eigenvalue weighted by atomic mass is 9.76. The first-order chi connectivity index (χ1) is 19.5. The highest BCUT2D eigenvalue weighted by Gasteiger charge is 2.29. The molecule has 2 N–H and O–H groups in total. The number of benzene rings is 3. The van der Waals surface area contributed by atoms with Gasteiger partial charge in [0, 0.05) is 18.1 Å². The molecule has 3 aromatic rings. The molecular weight excluding hydrogens is 552 g/mol. The number of hydrogen-bond donors (Lipinski definition) is 2. The van der Waals surface area contributed by atoms with E-state index in [1.807, 2.05) is 30.3 Å². The molecule has 0 atom stereocenters. The van der Waals surface area contributed by atoms with Crippen LogP contribution in [0.1, 0.15) is 36.3 Å². The average Bonchev–Trinajstić information content (AvgIpc) is 2.96. The minimum Gasteiger partial charge on any atom is -0.478 e. The molecule has 1 fully saturated rings. The lowest BCUT2D eigenvalue weighted by molar-refractivity contribution is -0.134. The summed E-state index contributed by atoms with van der Waals surface area (Å²) in [6.45, 7) is 2.51. The second-order valence-electron chi connectivity index (χ2n) is 9.76. The van der Waals surface area contributed by atoms with E-state index in [-0.39, 0.29) is 23.3 Å². The van der Waals surface area contributed by atoms with E-state index in [0.717, 1.165) is 43.6 Å². The molecule has 0 saturated carbocycles. The number of rotatable bonds is 10. The fourth-order valence-electron chi connectivity index (χ4n) is 4.95. The quantitative estimate of drug-likeness (QED) is 0.307. The van der Waals surface area contributed by atoms with Gasteiger partial charge in [-0.1, -0.05) is 42.5 Å². The van der Waals surface area contributed by atoms with Crippen LogP contribution in [0, 0.1) is 17.6 Å². The van der Waals surface area contributed by atoms with Gasteiger partial charge in [0.1, 0.15) is 11.6 Å². The molecule has 0 spiro atoms. The Labute approximate surface area is 238 Å². The molecule has 7 nitrogen and oxygen atoms in total. The topological polar surface area (TPSA) is 112 Å². The summed E-state index contributed by atoms with van der Waals surface area (Å²) in [4.78, 5) is 21.8. The minimum atomic E-state index is -3.25. The zero-order valence-electron chi connectivity index (χ0n) is 22.4. The monoisotopic (exact) mass is 585 g/mol. The Bertz CT molecular complexity index is 1340. The lowest BCUT2D eigenvalue weighted by Crippen LogP contribution is -2.37. The van der Waals surface area contributed by atoms with Gasteiger partial charge >= 0.3 is 11.9 Å². The molecule has 0 unspecified atom stereocenters. The maximum Gasteiger partial charge on any atom is 0.328 e. The molecule has 0 radical (unpaired) electrons. The van der Waals surface area contributed by atoms with Crippen LogP contribution in [0.5, 0.6) is 0 Å². The van der Waals surface area contributed by atoms with E-state index in [0.29, 0.717) is 29.4 Å². The molecule has 0 aromatic heterocycles. The van der Waals surface area contributed by atoms with E-state index in [2.05, 4.69) is 4.90 Å². The summed E-state index contributed by atoms with van der Waals surface area (Å²) in [7, 11) is -3.25. The van der Waals surface area contributed by atoms with Crippen molar-refractivity contribution in [2.75, 3.05) is 25.4 Å². The van der Waals surface area contributed by atoms with Gasteiger partial charge in [-0.15, -0.1) is 0 Å². The highest BCUT2D eigenvalue weighted by molar-refractivity contribution is 7.91. The highest BCUT2D eigenvalue weighted by Crippen LogP contribution is 2.38. The third kappa shape index (κ3) is 10.2. The van der Waals surface area contributed by atoms with Gasteiger partial charge in [-0.3, -0.25) is 0 Å². The van der Waals surface area contributed by atoms with Crippen LogP contribution >= 0.6 is 0 Å². The van der Waals surface area contributed by atoms with E-state index in [1.54, 1.807) is 24.3 Å². The van der Waals surface area contributed by atoms with Crippen LogP contribution in [0.25, 0.3) is 0 Å². The van der Waals surface area contributed by atoms with Crippen molar-refractivity contribution in [3.8, 4) is 0 Å². The van der Waals surface area contributed by atoms with E-state index in [4.69, 9.17) is 10.2 Å². The number of piperidine rings is 1. The second-order valence-corrected chi connectivity index (χ2v) is 11.9. The average molecular weight is 586 g/mol. The van der Waals surface area contributed by atoms with Crippen molar-refractivity contribution in [2.45, 2.75) is 30.1 Å². The number of likely N-dealkylation sites (tertiary alicyclic amines) is 1. The van der Waals surface area contributed by atoms with E-state index in [9.17, 15) is 26.8 Å². The Balaban J connectivity index is 0.000000507. The summed E-state index contributed by atoms with van der Waals surface area (Å²) in [5, 5.41) is 15.6. The summed E-state index contributed by atoms with van der Waals surface area (Å²) in [6, 6.07) is 21.8. The molecule has 1 heterocycles. The van der Waals surface area contributed by atoms with Crippen molar-refractivity contribution in [2.24, 2.45) is 5.92 Å². The molecule has 1 aliphatic heterocycles. The van der Waals surface area contributed by atoms with Crippen LogP contribution in [0.15, 0.2) is 95.9 Å². The number of hydrogen-bond acceptors (Lipinski definition) is 5. The molecule has 1 aliphatic rings. The Morgan fingerprint density at radius 1 is 0.805 bits per heavy atom. The zero-order chi connectivity index (χ0) is 29.8. The molecule has 0 bridgehead atoms. The zero-order valence-corrected chi connectivity index (χ0v) is 23.2. The molecule has 0 amide bonds. The van der Waals surface area contributed by atoms with Crippen LogP contribution in [-0.4, -0.2) is 60.9 Å². The molecule has 41 heavy (non-hydrogen) atoms. The van der Waals surface area contributed by atoms with Gasteiger partial charge in [-0.25, -0.2) is 26.8 Å². The maximum absolute atomic E-state index is 13.5. The Morgan fingerprint density at radius 3 is 1.71 bits per heavy atom. The summed E-state index contributed by atoms with van der Waals surface area (Å²) >= 11 is 0. The fourth-order valence-corrected chi connectivity index (χ4v) is 6.27. The largest absolute Gasteiger partial charge is 0.478 e. The van der Waals surface area contributed by atoms with E-state index >= 15 is 0 Å². The first-order valence-corrected chi connectivity index (χ1v) is 14.9. The highest BCUT2D eigenvalue weighted by atomic mass is 32.2. The van der Waals surface area contributed by atoms with Crippen LogP contribution < -0.4 is 0 Å². The summed E-state index contributed by atoms with van der Waals surface area (Å²) in [5.74, 6) is -2.48. The van der Waals surface area contributed by atoms with Crippen LogP contribution in [-0.2, 0) is 19.4 Å². The van der Waals surface area contributed by atoms with Crippen LogP contribution in [0.4, 0.5) is 8.78 Å². The van der Waals surface area contributed by atoms with E-state index < -0.39 is 21.8 Å². The summed E-state index contributed by atoms with van der Waals surface area (Å²) in [6.07, 6.45) is 3.61. The van der Waals surface area contributed by atoms with Gasteiger partial charge in [-0.05, 0) is 92.3 Å². The lowest BCUT2D eigenvalue weighted by Gasteiger charge is -2.36. The van der Waals surface area contributed by atoms with Crippen molar-refractivity contribution in [3.63, 3.8) is 0 Å². The van der Waals surface area contributed by atoms with E-state index in [1.165, 1.54) is 24.3 Å². The van der Waals surface area contributed by atoms with Gasteiger partial charge in [0.2, 0.25) is 0 Å². The number of carboxylic acids is 2. The second kappa shape index (κ2) is 15.2. The van der Waals surface area contributed by atoms with Crippen molar-refractivity contribution in [1.29, 1.82) is 0 Å². The van der Waals surface area contributed by atoms with Gasteiger partial charge in [-0.2, -0.15) is 0 Å². The van der Waals surface area contributed by atoms with Crippen molar-refractivity contribution < 1.29 is 37.0 Å². The van der Waals surface area contributed by atoms with Crippen molar-refractivity contribution in [3.05, 3.63) is 114 Å². The smallest absolute Gasteiger partial charge is 0.328 e. The van der Waals surface area contributed by atoms with Gasteiger partial charge in [0.15, 0.2) is 9.84 Å². The Hall–Kier alpha value is -3.89. The molecule has 3 aromatic carbocycles. The predicted molar refractivity (Wildman–Crippen MR) is 151 cm³/mol. The molecule has 218 valence electrons. The predicted octanol–water partition coefficient (Wildman–Crippen LogP) is 5.38. The van der Waals surface area contributed by atoms with Crippen LogP contribution in [0.3, 0.4) is 0 Å². The van der Waals surface area contributed by atoms with Crippen molar-refractivity contribution >= 4 is 21.8 Å². The number of carbonyl (C=O) groups is 2. The number of halogens is 2. The number of aliphatic carboxylic acids is 2. The first-order valence-electron chi connectivity index (χ1n) is 13.2. The summed E-state index contributed by atoms with van der Waals surface area (Å²) in [5.41, 5.74) is 2.07. The normalized spacial score (nSPS) is 14.5. The number of nitrogens with zero attached hydrogens (tertiary/aromatic N) is 1. The van der Waals surface area contributed by atoms with Crippen molar-refractivity contribution in [1.82, 2.24) is 4.90 Å². The van der Waals surface area contributed by atoms with Gasteiger partial charge in [0.05, 0.1) is 10.6 Å². The Morgan fingerprint density at radius 2 is 1.27 bits per heavy atom. The third-order valence-corrected chi connectivity index (χ3v) is 8.74. The SMILES string of the molecule is O=C(O)C=CC(=O)O.O=S(=O)(CCCN1CCC(C(c2ccc(F)cc2)c2ccc(F)cc2)CC1)c1ccccc1. The van der Waals surface area contributed by atoms with Crippen LogP contribution in [0.2, 0.25) is 0 Å². The van der Waals surface area contributed by atoms with Gasteiger partial charge < -0.3 is 15.1 Å². The molecule has 1 saturated heterocycles. The number of sulfone groups is 1.